The molecule has 0 bridgehead atoms. The van der Waals surface area contributed by atoms with Crippen molar-refractivity contribution in [3.8, 4) is 0 Å². The van der Waals surface area contributed by atoms with Crippen molar-refractivity contribution in [3.63, 3.8) is 0 Å². The Kier molecular flexibility index (Phi) is 2.83. The topological polar surface area (TPSA) is 38.0 Å². The summed E-state index contributed by atoms with van der Waals surface area (Å²) in [6, 6.07) is 7.94. The van der Waals surface area contributed by atoms with Crippen LogP contribution < -0.4 is 0 Å². The molecule has 0 spiro atoms. The molecular weight excluding hydrogens is 188 g/mol. The second-order valence-corrected chi connectivity index (χ2v) is 3.61. The number of imidazole rings is 1. The third-order valence-electron chi connectivity index (χ3n) is 2.49. The molecule has 0 unspecified atom stereocenters. The van der Waals surface area contributed by atoms with Crippen molar-refractivity contribution in [3.05, 3.63) is 53.6 Å². The smallest absolute Gasteiger partial charge is 0.112 e. The average molecular weight is 202 g/mol. The van der Waals surface area contributed by atoms with Crippen molar-refractivity contribution >= 4 is 0 Å². The average Bonchev–Trinajstić information content (AvgIpc) is 2.66. The maximum atomic E-state index is 8.91. The molecule has 78 valence electrons. The Morgan fingerprint density at radius 2 is 1.87 bits per heavy atom. The molecule has 0 radical (unpaired) electrons. The van der Waals surface area contributed by atoms with Gasteiger partial charge in [-0.25, -0.2) is 4.98 Å². The Morgan fingerprint density at radius 1 is 1.20 bits per heavy atom. The first-order chi connectivity index (χ1) is 7.29. The highest BCUT2D eigenvalue weighted by atomic mass is 16.3. The van der Waals surface area contributed by atoms with E-state index in [1.54, 1.807) is 6.20 Å². The van der Waals surface area contributed by atoms with Gasteiger partial charge in [0.1, 0.15) is 5.82 Å². The first-order valence-electron chi connectivity index (χ1n) is 4.94. The van der Waals surface area contributed by atoms with Gasteiger partial charge in [-0.3, -0.25) is 0 Å². The lowest BCUT2D eigenvalue weighted by Gasteiger charge is -2.03. The van der Waals surface area contributed by atoms with Crippen molar-refractivity contribution < 1.29 is 5.11 Å². The van der Waals surface area contributed by atoms with Gasteiger partial charge < -0.3 is 9.67 Å². The molecular formula is C12H14N2O. The largest absolute Gasteiger partial charge is 0.392 e. The number of aliphatic hydroxyl groups is 1. The summed E-state index contributed by atoms with van der Waals surface area (Å²) in [5.41, 5.74) is 2.15. The van der Waals surface area contributed by atoms with Crippen molar-refractivity contribution in [1.29, 1.82) is 0 Å². The molecule has 0 saturated carbocycles. The van der Waals surface area contributed by atoms with Gasteiger partial charge in [-0.1, -0.05) is 24.3 Å². The molecule has 1 aromatic heterocycles. The summed E-state index contributed by atoms with van der Waals surface area (Å²) in [6.07, 6.45) is 4.57. The number of aliphatic hydroxyl groups excluding tert-OH is 1. The van der Waals surface area contributed by atoms with E-state index in [1.807, 2.05) is 42.1 Å². The molecule has 3 nitrogen and oxygen atoms in total. The number of benzene rings is 1. The van der Waals surface area contributed by atoms with E-state index in [0.717, 1.165) is 17.8 Å². The number of hydrogen-bond acceptors (Lipinski definition) is 2. The van der Waals surface area contributed by atoms with Crippen LogP contribution in [0, 0.1) is 0 Å². The summed E-state index contributed by atoms with van der Waals surface area (Å²) < 4.78 is 2.01. The van der Waals surface area contributed by atoms with Crippen LogP contribution in [0.1, 0.15) is 17.0 Å². The van der Waals surface area contributed by atoms with Gasteiger partial charge in [0.2, 0.25) is 0 Å². The molecule has 0 aliphatic carbocycles. The highest BCUT2D eigenvalue weighted by Gasteiger charge is 2.00. The van der Waals surface area contributed by atoms with Crippen LogP contribution in [0.5, 0.6) is 0 Å². The van der Waals surface area contributed by atoms with E-state index < -0.39 is 0 Å². The fraction of sp³-hybridized carbons (Fsp3) is 0.250. The predicted molar refractivity (Wildman–Crippen MR) is 58.4 cm³/mol. The molecule has 0 aliphatic rings. The maximum absolute atomic E-state index is 8.91. The van der Waals surface area contributed by atoms with Crippen molar-refractivity contribution in [1.82, 2.24) is 9.55 Å². The number of nitrogens with zero attached hydrogens (tertiary/aromatic N) is 2. The summed E-state index contributed by atoms with van der Waals surface area (Å²) in [7, 11) is 1.99. The fourth-order valence-corrected chi connectivity index (χ4v) is 1.51. The minimum atomic E-state index is 0.0999. The van der Waals surface area contributed by atoms with Crippen LogP contribution in [-0.4, -0.2) is 14.7 Å². The molecule has 0 saturated heterocycles. The Labute approximate surface area is 89.0 Å². The molecule has 3 heteroatoms. The van der Waals surface area contributed by atoms with E-state index in [9.17, 15) is 0 Å². The molecule has 0 amide bonds. The van der Waals surface area contributed by atoms with E-state index in [1.165, 1.54) is 5.56 Å². The zero-order valence-corrected chi connectivity index (χ0v) is 8.72. The first-order valence-corrected chi connectivity index (χ1v) is 4.94. The quantitative estimate of drug-likeness (QED) is 0.819. The SMILES string of the molecule is Cn1ccnc1Cc1ccc(CO)cc1. The highest BCUT2D eigenvalue weighted by Crippen LogP contribution is 2.09. The summed E-state index contributed by atoms with van der Waals surface area (Å²) >= 11 is 0. The Bertz CT molecular complexity index is 431. The van der Waals surface area contributed by atoms with Gasteiger partial charge >= 0.3 is 0 Å². The summed E-state index contributed by atoms with van der Waals surface area (Å²) in [5.74, 6) is 1.05. The lowest BCUT2D eigenvalue weighted by molar-refractivity contribution is 0.282. The van der Waals surface area contributed by atoms with Crippen molar-refractivity contribution in [2.45, 2.75) is 13.0 Å². The monoisotopic (exact) mass is 202 g/mol. The minimum Gasteiger partial charge on any atom is -0.392 e. The highest BCUT2D eigenvalue weighted by molar-refractivity contribution is 5.24. The zero-order chi connectivity index (χ0) is 10.7. The third kappa shape index (κ3) is 2.25. The van der Waals surface area contributed by atoms with E-state index in [2.05, 4.69) is 4.98 Å². The molecule has 0 aliphatic heterocycles. The molecule has 15 heavy (non-hydrogen) atoms. The van der Waals surface area contributed by atoms with Crippen LogP contribution in [-0.2, 0) is 20.1 Å². The third-order valence-corrected chi connectivity index (χ3v) is 2.49. The Morgan fingerprint density at radius 3 is 2.40 bits per heavy atom. The van der Waals surface area contributed by atoms with Crippen LogP contribution in [0.25, 0.3) is 0 Å². The molecule has 2 aromatic rings. The Hall–Kier alpha value is -1.61. The van der Waals surface area contributed by atoms with Gasteiger partial charge in [-0.05, 0) is 11.1 Å². The minimum absolute atomic E-state index is 0.0999. The Balaban J connectivity index is 2.14. The van der Waals surface area contributed by atoms with Gasteiger partial charge in [0.15, 0.2) is 0 Å². The van der Waals surface area contributed by atoms with E-state index >= 15 is 0 Å². The van der Waals surface area contributed by atoms with E-state index in [0.29, 0.717) is 0 Å². The van der Waals surface area contributed by atoms with Crippen molar-refractivity contribution in [2.24, 2.45) is 7.05 Å². The van der Waals surface area contributed by atoms with Gasteiger partial charge in [0.25, 0.3) is 0 Å². The molecule has 0 fully saturated rings. The van der Waals surface area contributed by atoms with Gasteiger partial charge in [-0.2, -0.15) is 0 Å². The van der Waals surface area contributed by atoms with Crippen LogP contribution in [0.15, 0.2) is 36.7 Å². The molecule has 1 N–H and O–H groups in total. The lowest BCUT2D eigenvalue weighted by Crippen LogP contribution is -1.98. The number of hydrogen-bond donors (Lipinski definition) is 1. The summed E-state index contributed by atoms with van der Waals surface area (Å²) in [6.45, 7) is 0.0999. The second-order valence-electron chi connectivity index (χ2n) is 3.61. The molecule has 2 rings (SSSR count). The fourth-order valence-electron chi connectivity index (χ4n) is 1.51. The lowest BCUT2D eigenvalue weighted by atomic mass is 10.1. The van der Waals surface area contributed by atoms with Gasteiger partial charge in [-0.15, -0.1) is 0 Å². The molecule has 1 aromatic carbocycles. The van der Waals surface area contributed by atoms with Gasteiger partial charge in [0, 0.05) is 25.9 Å². The number of aryl methyl sites for hydroxylation is 1. The summed E-state index contributed by atoms with van der Waals surface area (Å²) in [5, 5.41) is 8.91. The van der Waals surface area contributed by atoms with E-state index in [4.69, 9.17) is 5.11 Å². The number of aromatic nitrogens is 2. The van der Waals surface area contributed by atoms with Crippen LogP contribution in [0.2, 0.25) is 0 Å². The van der Waals surface area contributed by atoms with Crippen molar-refractivity contribution in [2.75, 3.05) is 0 Å². The predicted octanol–water partition coefficient (Wildman–Crippen LogP) is 1.50. The second kappa shape index (κ2) is 4.28. The molecule has 1 heterocycles. The normalized spacial score (nSPS) is 10.5. The number of rotatable bonds is 3. The van der Waals surface area contributed by atoms with Gasteiger partial charge in [0.05, 0.1) is 6.61 Å². The van der Waals surface area contributed by atoms with E-state index in [-0.39, 0.29) is 6.61 Å². The maximum Gasteiger partial charge on any atom is 0.112 e. The van der Waals surface area contributed by atoms with Crippen LogP contribution in [0.4, 0.5) is 0 Å². The van der Waals surface area contributed by atoms with Crippen LogP contribution in [0.3, 0.4) is 0 Å². The zero-order valence-electron chi connectivity index (χ0n) is 8.72. The first kappa shape index (κ1) is 9.93. The standard InChI is InChI=1S/C12H14N2O/c1-14-7-6-13-12(14)8-10-2-4-11(9-15)5-3-10/h2-7,15H,8-9H2,1H3. The molecule has 0 atom stereocenters. The van der Waals surface area contributed by atoms with Crippen LogP contribution >= 0.6 is 0 Å². The summed E-state index contributed by atoms with van der Waals surface area (Å²) in [4.78, 5) is 4.27.